The molecule has 0 bridgehead atoms. The summed E-state index contributed by atoms with van der Waals surface area (Å²) >= 11 is 0. The van der Waals surface area contributed by atoms with Crippen LogP contribution in [0.25, 0.3) is 0 Å². The van der Waals surface area contributed by atoms with Crippen molar-refractivity contribution in [3.05, 3.63) is 0 Å². The largest absolute Gasteiger partial charge is 0.480 e. The number of nitrogens with zero attached hydrogens (tertiary/aromatic N) is 1. The molecule has 14 heavy (non-hydrogen) atoms. The highest BCUT2D eigenvalue weighted by atomic mass is 16.4. The third-order valence-corrected chi connectivity index (χ3v) is 2.18. The number of hydrogen-bond donors (Lipinski definition) is 3. The molecule has 0 saturated carbocycles. The van der Waals surface area contributed by atoms with Crippen LogP contribution < -0.4 is 11.1 Å². The highest BCUT2D eigenvalue weighted by Gasteiger charge is 2.09. The summed E-state index contributed by atoms with van der Waals surface area (Å²) in [5.74, 6) is -0.958. The summed E-state index contributed by atoms with van der Waals surface area (Å²) in [6.07, 6.45) is 0. The standard InChI is InChI=1S/C9H21N3O2/c1-3-12(4-2)6-5-11-7-8(10)9(13)14/h8,11H,3-7,10H2,1-2H3,(H,13,14). The first kappa shape index (κ1) is 13.4. The molecule has 0 aliphatic carbocycles. The average Bonchev–Trinajstić information content (AvgIpc) is 2.17. The van der Waals surface area contributed by atoms with Gasteiger partial charge in [-0.2, -0.15) is 0 Å². The summed E-state index contributed by atoms with van der Waals surface area (Å²) in [5, 5.41) is 11.5. The van der Waals surface area contributed by atoms with Crippen molar-refractivity contribution in [1.29, 1.82) is 0 Å². The highest BCUT2D eigenvalue weighted by Crippen LogP contribution is 1.84. The van der Waals surface area contributed by atoms with Crippen molar-refractivity contribution in [3.8, 4) is 0 Å². The van der Waals surface area contributed by atoms with Gasteiger partial charge in [-0.05, 0) is 13.1 Å². The van der Waals surface area contributed by atoms with Crippen molar-refractivity contribution in [1.82, 2.24) is 10.2 Å². The minimum Gasteiger partial charge on any atom is -0.480 e. The number of likely N-dealkylation sites (N-methyl/N-ethyl adjacent to an activating group) is 1. The first-order chi connectivity index (χ1) is 6.61. The lowest BCUT2D eigenvalue weighted by atomic mass is 10.3. The molecule has 5 nitrogen and oxygen atoms in total. The number of nitrogens with one attached hydrogen (secondary N) is 1. The molecule has 1 unspecified atom stereocenters. The molecule has 1 atom stereocenters. The fraction of sp³-hybridized carbons (Fsp3) is 0.889. The molecule has 0 radical (unpaired) electrons. The number of nitrogens with two attached hydrogens (primary N) is 1. The number of carboxylic acid groups (broad SMARTS) is 1. The number of carboxylic acids is 1. The second kappa shape index (κ2) is 7.73. The zero-order valence-corrected chi connectivity index (χ0v) is 8.99. The lowest BCUT2D eigenvalue weighted by Gasteiger charge is -2.18. The van der Waals surface area contributed by atoms with Crippen molar-refractivity contribution in [2.45, 2.75) is 19.9 Å². The fourth-order valence-electron chi connectivity index (χ4n) is 1.12. The summed E-state index contributed by atoms with van der Waals surface area (Å²) < 4.78 is 0. The van der Waals surface area contributed by atoms with Gasteiger partial charge < -0.3 is 21.1 Å². The molecule has 5 heteroatoms. The second-order valence-electron chi connectivity index (χ2n) is 3.18. The summed E-state index contributed by atoms with van der Waals surface area (Å²) in [6, 6.07) is -0.799. The first-order valence-corrected chi connectivity index (χ1v) is 5.03. The molecule has 84 valence electrons. The van der Waals surface area contributed by atoms with E-state index >= 15 is 0 Å². The second-order valence-corrected chi connectivity index (χ2v) is 3.18. The van der Waals surface area contributed by atoms with Gasteiger partial charge in [0, 0.05) is 19.6 Å². The normalized spacial score (nSPS) is 13.1. The van der Waals surface area contributed by atoms with Crippen molar-refractivity contribution < 1.29 is 9.90 Å². The van der Waals surface area contributed by atoms with Gasteiger partial charge in [0.05, 0.1) is 0 Å². The lowest BCUT2D eigenvalue weighted by Crippen LogP contribution is -2.42. The van der Waals surface area contributed by atoms with E-state index in [9.17, 15) is 4.79 Å². The summed E-state index contributed by atoms with van der Waals surface area (Å²) in [4.78, 5) is 12.6. The predicted octanol–water partition coefficient (Wildman–Crippen LogP) is -0.670. The highest BCUT2D eigenvalue weighted by molar-refractivity contribution is 5.73. The number of carbonyl (C=O) groups is 1. The van der Waals surface area contributed by atoms with E-state index < -0.39 is 12.0 Å². The third-order valence-electron chi connectivity index (χ3n) is 2.18. The summed E-state index contributed by atoms with van der Waals surface area (Å²) in [5.41, 5.74) is 5.32. The van der Waals surface area contributed by atoms with Gasteiger partial charge in [-0.1, -0.05) is 13.8 Å². The lowest BCUT2D eigenvalue weighted by molar-refractivity contribution is -0.138. The van der Waals surface area contributed by atoms with Crippen LogP contribution in [0.5, 0.6) is 0 Å². The topological polar surface area (TPSA) is 78.6 Å². The zero-order chi connectivity index (χ0) is 11.0. The van der Waals surface area contributed by atoms with Gasteiger partial charge in [-0.25, -0.2) is 0 Å². The molecule has 0 aliphatic heterocycles. The van der Waals surface area contributed by atoms with Gasteiger partial charge in [0.15, 0.2) is 0 Å². The van der Waals surface area contributed by atoms with Crippen molar-refractivity contribution >= 4 is 5.97 Å². The van der Waals surface area contributed by atoms with E-state index in [4.69, 9.17) is 10.8 Å². The van der Waals surface area contributed by atoms with E-state index in [-0.39, 0.29) is 0 Å². The molecule has 0 aromatic heterocycles. The molecule has 4 N–H and O–H groups in total. The van der Waals surface area contributed by atoms with E-state index in [2.05, 4.69) is 24.1 Å². The first-order valence-electron chi connectivity index (χ1n) is 5.03. The maximum atomic E-state index is 10.4. The zero-order valence-electron chi connectivity index (χ0n) is 8.99. The molecular formula is C9H21N3O2. The molecule has 0 aromatic rings. The van der Waals surface area contributed by atoms with E-state index in [0.717, 1.165) is 26.2 Å². The van der Waals surface area contributed by atoms with Gasteiger partial charge in [0.2, 0.25) is 0 Å². The maximum Gasteiger partial charge on any atom is 0.321 e. The Kier molecular flexibility index (Phi) is 7.37. The average molecular weight is 203 g/mol. The predicted molar refractivity (Wildman–Crippen MR) is 56.3 cm³/mol. The Hall–Kier alpha value is -0.650. The Morgan fingerprint density at radius 1 is 1.50 bits per heavy atom. The molecule has 0 rings (SSSR count). The maximum absolute atomic E-state index is 10.4. The minimum atomic E-state index is -0.958. The van der Waals surface area contributed by atoms with Crippen LogP contribution in [-0.2, 0) is 4.79 Å². The van der Waals surface area contributed by atoms with E-state index in [0.29, 0.717) is 6.54 Å². The SMILES string of the molecule is CCN(CC)CCNCC(N)C(=O)O. The molecule has 0 fully saturated rings. The number of hydrogen-bond acceptors (Lipinski definition) is 4. The Balaban J connectivity index is 3.41. The van der Waals surface area contributed by atoms with Crippen LogP contribution >= 0.6 is 0 Å². The van der Waals surface area contributed by atoms with Gasteiger partial charge >= 0.3 is 5.97 Å². The van der Waals surface area contributed by atoms with Crippen molar-refractivity contribution in [2.24, 2.45) is 5.73 Å². The van der Waals surface area contributed by atoms with E-state index in [1.807, 2.05) is 0 Å². The van der Waals surface area contributed by atoms with Gasteiger partial charge in [0.25, 0.3) is 0 Å². The van der Waals surface area contributed by atoms with Crippen LogP contribution in [0.3, 0.4) is 0 Å². The van der Waals surface area contributed by atoms with Crippen LogP contribution in [0.15, 0.2) is 0 Å². The molecule has 0 amide bonds. The molecule has 0 aromatic carbocycles. The Morgan fingerprint density at radius 2 is 2.07 bits per heavy atom. The molecular weight excluding hydrogens is 182 g/mol. The Labute approximate surface area is 85.3 Å². The van der Waals surface area contributed by atoms with E-state index in [1.54, 1.807) is 0 Å². The molecule has 0 aliphatic rings. The minimum absolute atomic E-state index is 0.330. The van der Waals surface area contributed by atoms with Crippen LogP contribution in [0, 0.1) is 0 Å². The van der Waals surface area contributed by atoms with Crippen LogP contribution in [0.4, 0.5) is 0 Å². The third kappa shape index (κ3) is 5.90. The summed E-state index contributed by atoms with van der Waals surface area (Å²) in [6.45, 7) is 8.28. The van der Waals surface area contributed by atoms with Gasteiger partial charge in [0.1, 0.15) is 6.04 Å². The fourth-order valence-corrected chi connectivity index (χ4v) is 1.12. The monoisotopic (exact) mass is 203 g/mol. The van der Waals surface area contributed by atoms with Crippen LogP contribution in [0.2, 0.25) is 0 Å². The van der Waals surface area contributed by atoms with Gasteiger partial charge in [-0.3, -0.25) is 4.79 Å². The van der Waals surface area contributed by atoms with E-state index in [1.165, 1.54) is 0 Å². The smallest absolute Gasteiger partial charge is 0.321 e. The molecule has 0 spiro atoms. The van der Waals surface area contributed by atoms with Crippen molar-refractivity contribution in [2.75, 3.05) is 32.7 Å². The number of rotatable bonds is 8. The summed E-state index contributed by atoms with van der Waals surface area (Å²) in [7, 11) is 0. The Bertz CT molecular complexity index is 160. The molecule has 0 heterocycles. The number of aliphatic carboxylic acids is 1. The Morgan fingerprint density at radius 3 is 2.50 bits per heavy atom. The van der Waals surface area contributed by atoms with Crippen LogP contribution in [0.1, 0.15) is 13.8 Å². The molecule has 0 saturated heterocycles. The quantitative estimate of drug-likeness (QED) is 0.456. The van der Waals surface area contributed by atoms with Gasteiger partial charge in [-0.15, -0.1) is 0 Å². The van der Waals surface area contributed by atoms with Crippen LogP contribution in [-0.4, -0.2) is 54.7 Å². The van der Waals surface area contributed by atoms with Crippen molar-refractivity contribution in [3.63, 3.8) is 0 Å².